The van der Waals surface area contributed by atoms with Gasteiger partial charge in [0.25, 0.3) is 0 Å². The Morgan fingerprint density at radius 3 is 3.33 bits per heavy atom. The van der Waals surface area contributed by atoms with Crippen LogP contribution in [0.3, 0.4) is 0 Å². The lowest BCUT2D eigenvalue weighted by Crippen LogP contribution is -2.29. The lowest BCUT2D eigenvalue weighted by molar-refractivity contribution is 0.373. The van der Waals surface area contributed by atoms with Crippen molar-refractivity contribution in [1.29, 1.82) is 0 Å². The summed E-state index contributed by atoms with van der Waals surface area (Å²) in [6.07, 6.45) is 8.30. The molecule has 0 saturated carbocycles. The van der Waals surface area contributed by atoms with Crippen molar-refractivity contribution in [3.8, 4) is 0 Å². The van der Waals surface area contributed by atoms with Gasteiger partial charge in [0.1, 0.15) is 5.37 Å². The summed E-state index contributed by atoms with van der Waals surface area (Å²) >= 11 is 0. The number of fused-ring (bicyclic) bond motifs is 1. The molecule has 1 atom stereocenters. The molecule has 0 bridgehead atoms. The van der Waals surface area contributed by atoms with Crippen molar-refractivity contribution in [2.24, 2.45) is 0 Å². The number of hydrogen-bond donors (Lipinski definition) is 1. The third-order valence-corrected chi connectivity index (χ3v) is 3.26. The highest BCUT2D eigenvalue weighted by Crippen LogP contribution is 2.35. The lowest BCUT2D eigenvalue weighted by atomic mass is 10.4. The summed E-state index contributed by atoms with van der Waals surface area (Å²) < 4.78 is 0. The molecular weight excluding hydrogens is 152 g/mol. The van der Waals surface area contributed by atoms with Crippen LogP contribution in [0, 0.1) is 0 Å². The summed E-state index contributed by atoms with van der Waals surface area (Å²) in [4.78, 5) is 3.13. The molecule has 1 fully saturated rings. The molecule has 0 aliphatic carbocycles. The van der Waals surface area contributed by atoms with Gasteiger partial charge in [-0.3, -0.25) is 5.01 Å². The van der Waals surface area contributed by atoms with Crippen molar-refractivity contribution in [2.75, 3.05) is 0 Å². The molecule has 2 nitrogen and oxygen atoms in total. The summed E-state index contributed by atoms with van der Waals surface area (Å²) in [5, 5.41) is 2.58. The standard InChI is InChI=1S/C5H6N2S2/c1-2-4-7-5(3-1)8-9-6-7/h1-6H. The summed E-state index contributed by atoms with van der Waals surface area (Å²) in [6, 6.07) is 0. The van der Waals surface area contributed by atoms with Crippen LogP contribution in [0.4, 0.5) is 0 Å². The van der Waals surface area contributed by atoms with E-state index < -0.39 is 0 Å². The Hall–Kier alpha value is -0.0600. The van der Waals surface area contributed by atoms with Crippen LogP contribution in [0.5, 0.6) is 0 Å². The molecule has 0 spiro atoms. The zero-order valence-electron chi connectivity index (χ0n) is 4.65. The van der Waals surface area contributed by atoms with Gasteiger partial charge in [0.05, 0.1) is 0 Å². The first-order valence-corrected chi connectivity index (χ1v) is 4.89. The SMILES string of the molecule is C1=CC2SSNN2C=C1. The number of allylic oxidation sites excluding steroid dienone is 2. The monoisotopic (exact) mass is 158 g/mol. The zero-order valence-corrected chi connectivity index (χ0v) is 6.28. The predicted molar refractivity (Wildman–Crippen MR) is 42.2 cm³/mol. The van der Waals surface area contributed by atoms with E-state index in [4.69, 9.17) is 0 Å². The van der Waals surface area contributed by atoms with Crippen LogP contribution in [0.1, 0.15) is 0 Å². The first kappa shape index (κ1) is 5.70. The van der Waals surface area contributed by atoms with E-state index in [2.05, 4.69) is 22.0 Å². The minimum Gasteiger partial charge on any atom is -0.287 e. The van der Waals surface area contributed by atoms with Crippen molar-refractivity contribution in [3.05, 3.63) is 24.4 Å². The van der Waals surface area contributed by atoms with Crippen LogP contribution < -0.4 is 4.83 Å². The molecular formula is C5H6N2S2. The van der Waals surface area contributed by atoms with Crippen molar-refractivity contribution < 1.29 is 0 Å². The molecule has 1 saturated heterocycles. The van der Waals surface area contributed by atoms with Gasteiger partial charge in [-0.1, -0.05) is 6.08 Å². The number of hydrogen-bond acceptors (Lipinski definition) is 4. The minimum absolute atomic E-state index is 0.500. The molecule has 2 heterocycles. The molecule has 2 aliphatic rings. The van der Waals surface area contributed by atoms with Crippen LogP contribution in [0.2, 0.25) is 0 Å². The average molecular weight is 158 g/mol. The molecule has 0 aromatic heterocycles. The van der Waals surface area contributed by atoms with E-state index in [-0.39, 0.29) is 0 Å². The minimum atomic E-state index is 0.500. The Bertz CT molecular complexity index is 148. The molecule has 0 radical (unpaired) electrons. The van der Waals surface area contributed by atoms with Gasteiger partial charge in [0.2, 0.25) is 0 Å². The molecule has 1 N–H and O–H groups in total. The van der Waals surface area contributed by atoms with E-state index in [0.29, 0.717) is 5.37 Å². The van der Waals surface area contributed by atoms with Crippen LogP contribution in [0.15, 0.2) is 24.4 Å². The van der Waals surface area contributed by atoms with Gasteiger partial charge in [-0.15, -0.1) is 0 Å². The summed E-state index contributed by atoms with van der Waals surface area (Å²) in [5.41, 5.74) is 0. The Balaban J connectivity index is 2.18. The molecule has 2 aliphatic heterocycles. The Morgan fingerprint density at radius 2 is 2.44 bits per heavy atom. The maximum Gasteiger partial charge on any atom is 0.121 e. The molecule has 48 valence electrons. The molecule has 9 heavy (non-hydrogen) atoms. The summed E-state index contributed by atoms with van der Waals surface area (Å²) in [6.45, 7) is 0. The second kappa shape index (κ2) is 2.28. The molecule has 0 amide bonds. The quantitative estimate of drug-likeness (QED) is 0.424. The highest BCUT2D eigenvalue weighted by Gasteiger charge is 2.21. The van der Waals surface area contributed by atoms with E-state index in [0.717, 1.165) is 0 Å². The average Bonchev–Trinajstić information content (AvgIpc) is 2.33. The topological polar surface area (TPSA) is 15.3 Å². The number of nitrogens with zero attached hydrogens (tertiary/aromatic N) is 1. The zero-order chi connectivity index (χ0) is 6.10. The van der Waals surface area contributed by atoms with E-state index in [1.165, 1.54) is 0 Å². The van der Waals surface area contributed by atoms with Crippen molar-refractivity contribution in [3.63, 3.8) is 0 Å². The van der Waals surface area contributed by atoms with Crippen LogP contribution in [-0.4, -0.2) is 10.4 Å². The largest absolute Gasteiger partial charge is 0.287 e. The molecule has 0 aromatic rings. The van der Waals surface area contributed by atoms with Crippen molar-refractivity contribution in [2.45, 2.75) is 5.37 Å². The van der Waals surface area contributed by atoms with Gasteiger partial charge in [0.15, 0.2) is 0 Å². The van der Waals surface area contributed by atoms with Crippen LogP contribution >= 0.6 is 21.8 Å². The molecule has 2 rings (SSSR count). The fourth-order valence-corrected chi connectivity index (χ4v) is 2.75. The first-order chi connectivity index (χ1) is 4.47. The van der Waals surface area contributed by atoms with Gasteiger partial charge < -0.3 is 0 Å². The third kappa shape index (κ3) is 0.976. The normalized spacial score (nSPS) is 31.1. The first-order valence-electron chi connectivity index (χ1n) is 2.68. The van der Waals surface area contributed by atoms with Crippen LogP contribution in [0.25, 0.3) is 0 Å². The fraction of sp³-hybridized carbons (Fsp3) is 0.200. The molecule has 0 aromatic carbocycles. The van der Waals surface area contributed by atoms with Gasteiger partial charge >= 0.3 is 0 Å². The second-order valence-electron chi connectivity index (χ2n) is 1.80. The Kier molecular flexibility index (Phi) is 1.45. The third-order valence-electron chi connectivity index (χ3n) is 1.20. The van der Waals surface area contributed by atoms with Crippen molar-refractivity contribution in [1.82, 2.24) is 9.84 Å². The van der Waals surface area contributed by atoms with Gasteiger partial charge in [-0.05, 0) is 22.9 Å². The van der Waals surface area contributed by atoms with E-state index in [9.17, 15) is 0 Å². The van der Waals surface area contributed by atoms with Gasteiger partial charge in [-0.2, -0.15) is 4.83 Å². The summed E-state index contributed by atoms with van der Waals surface area (Å²) in [5.74, 6) is 0. The Morgan fingerprint density at radius 1 is 1.44 bits per heavy atom. The van der Waals surface area contributed by atoms with Gasteiger partial charge in [0, 0.05) is 17.2 Å². The highest BCUT2D eigenvalue weighted by atomic mass is 33.1. The summed E-state index contributed by atoms with van der Waals surface area (Å²) in [7, 11) is 3.49. The molecule has 1 unspecified atom stereocenters. The fourth-order valence-electron chi connectivity index (χ4n) is 0.754. The second-order valence-corrected chi connectivity index (χ2v) is 3.90. The van der Waals surface area contributed by atoms with Crippen LogP contribution in [-0.2, 0) is 0 Å². The maximum atomic E-state index is 3.13. The number of hydrazine groups is 1. The lowest BCUT2D eigenvalue weighted by Gasteiger charge is -2.18. The van der Waals surface area contributed by atoms with Gasteiger partial charge in [-0.25, -0.2) is 0 Å². The Labute approximate surface area is 61.9 Å². The maximum absolute atomic E-state index is 3.13. The van der Waals surface area contributed by atoms with E-state index in [1.54, 1.807) is 11.0 Å². The number of nitrogens with one attached hydrogen (secondary N) is 1. The smallest absolute Gasteiger partial charge is 0.121 e. The predicted octanol–water partition coefficient (Wildman–Crippen LogP) is 1.51. The van der Waals surface area contributed by atoms with Crippen molar-refractivity contribution >= 4 is 21.8 Å². The van der Waals surface area contributed by atoms with E-state index >= 15 is 0 Å². The molecule has 4 heteroatoms. The highest BCUT2D eigenvalue weighted by molar-refractivity contribution is 8.76. The number of rotatable bonds is 0. The van der Waals surface area contributed by atoms with E-state index in [1.807, 2.05) is 23.1 Å².